The molecule has 0 aliphatic carbocycles. The summed E-state index contributed by atoms with van der Waals surface area (Å²) < 4.78 is 12.2. The Kier molecular flexibility index (Phi) is 4.90. The zero-order chi connectivity index (χ0) is 13.8. The Morgan fingerprint density at radius 2 is 2.00 bits per heavy atom. The van der Waals surface area contributed by atoms with Gasteiger partial charge in [-0.25, -0.2) is 0 Å². The van der Waals surface area contributed by atoms with Gasteiger partial charge in [0.1, 0.15) is 11.5 Å². The van der Waals surface area contributed by atoms with E-state index in [-0.39, 0.29) is 6.04 Å². The van der Waals surface area contributed by atoms with Crippen molar-refractivity contribution in [1.82, 2.24) is 0 Å². The standard InChI is InChI=1S/C13H14Br2N2O2/c1-18-9-4-2-8(3-5-9)17-11(7-16)12-6-10(14)13(15)19-12/h2-6,11,17H,7,16H2,1H3. The van der Waals surface area contributed by atoms with Crippen molar-refractivity contribution in [2.75, 3.05) is 19.0 Å². The second kappa shape index (κ2) is 6.45. The van der Waals surface area contributed by atoms with Gasteiger partial charge in [-0.05, 0) is 62.2 Å². The van der Waals surface area contributed by atoms with E-state index in [4.69, 9.17) is 14.9 Å². The van der Waals surface area contributed by atoms with Gasteiger partial charge >= 0.3 is 0 Å². The lowest BCUT2D eigenvalue weighted by Gasteiger charge is -2.16. The Bertz CT molecular complexity index is 521. The molecule has 0 amide bonds. The maximum absolute atomic E-state index is 5.79. The monoisotopic (exact) mass is 388 g/mol. The van der Waals surface area contributed by atoms with Crippen LogP contribution in [-0.4, -0.2) is 13.7 Å². The number of benzene rings is 1. The molecule has 0 spiro atoms. The highest BCUT2D eigenvalue weighted by Gasteiger charge is 2.16. The van der Waals surface area contributed by atoms with E-state index in [1.165, 1.54) is 0 Å². The molecule has 1 atom stereocenters. The number of methoxy groups -OCH3 is 1. The molecule has 19 heavy (non-hydrogen) atoms. The first-order valence-corrected chi connectivity index (χ1v) is 7.28. The molecule has 1 aromatic heterocycles. The lowest BCUT2D eigenvalue weighted by atomic mass is 10.2. The third-order valence-corrected chi connectivity index (χ3v) is 4.38. The molecule has 1 aromatic carbocycles. The van der Waals surface area contributed by atoms with E-state index in [0.717, 1.165) is 21.7 Å². The maximum atomic E-state index is 5.79. The summed E-state index contributed by atoms with van der Waals surface area (Å²) in [5, 5.41) is 3.32. The Hall–Kier alpha value is -0.980. The minimum absolute atomic E-state index is 0.0870. The van der Waals surface area contributed by atoms with Crippen LogP contribution in [0.2, 0.25) is 0 Å². The third kappa shape index (κ3) is 3.52. The molecular formula is C13H14Br2N2O2. The summed E-state index contributed by atoms with van der Waals surface area (Å²) in [5.74, 6) is 1.59. The number of halogens is 2. The van der Waals surface area contributed by atoms with Crippen LogP contribution in [0.1, 0.15) is 11.8 Å². The number of nitrogens with one attached hydrogen (secondary N) is 1. The number of rotatable bonds is 5. The predicted octanol–water partition coefficient (Wildman–Crippen LogP) is 3.93. The van der Waals surface area contributed by atoms with Gasteiger partial charge in [-0.2, -0.15) is 0 Å². The lowest BCUT2D eigenvalue weighted by Crippen LogP contribution is -2.20. The maximum Gasteiger partial charge on any atom is 0.183 e. The summed E-state index contributed by atoms with van der Waals surface area (Å²) in [5.41, 5.74) is 6.75. The topological polar surface area (TPSA) is 60.4 Å². The molecule has 0 aliphatic heterocycles. The van der Waals surface area contributed by atoms with E-state index in [9.17, 15) is 0 Å². The third-order valence-electron chi connectivity index (χ3n) is 2.67. The minimum Gasteiger partial charge on any atom is -0.497 e. The first kappa shape index (κ1) is 14.4. The van der Waals surface area contributed by atoms with Crippen LogP contribution in [0.5, 0.6) is 5.75 Å². The van der Waals surface area contributed by atoms with Crippen LogP contribution in [0.25, 0.3) is 0 Å². The summed E-state index contributed by atoms with van der Waals surface area (Å²) in [4.78, 5) is 0. The van der Waals surface area contributed by atoms with Crippen molar-refractivity contribution in [3.63, 3.8) is 0 Å². The van der Waals surface area contributed by atoms with Crippen molar-refractivity contribution in [2.45, 2.75) is 6.04 Å². The van der Waals surface area contributed by atoms with Gasteiger partial charge in [-0.3, -0.25) is 0 Å². The average Bonchev–Trinajstić information content (AvgIpc) is 2.76. The van der Waals surface area contributed by atoms with Gasteiger partial charge < -0.3 is 20.2 Å². The van der Waals surface area contributed by atoms with Crippen molar-refractivity contribution in [3.8, 4) is 5.75 Å². The Balaban J connectivity index is 2.13. The molecule has 0 radical (unpaired) electrons. The molecule has 6 heteroatoms. The zero-order valence-corrected chi connectivity index (χ0v) is 13.5. The average molecular weight is 390 g/mol. The van der Waals surface area contributed by atoms with Crippen LogP contribution in [0.15, 0.2) is 43.9 Å². The fourth-order valence-corrected chi connectivity index (χ4v) is 2.28. The molecule has 102 valence electrons. The minimum atomic E-state index is -0.0870. The van der Waals surface area contributed by atoms with Crippen molar-refractivity contribution in [1.29, 1.82) is 0 Å². The Labute approximate surface area is 128 Å². The summed E-state index contributed by atoms with van der Waals surface area (Å²) in [7, 11) is 1.64. The second-order valence-corrected chi connectivity index (χ2v) is 5.51. The summed E-state index contributed by atoms with van der Waals surface area (Å²) >= 11 is 6.71. The predicted molar refractivity (Wildman–Crippen MR) is 82.5 cm³/mol. The number of anilines is 1. The smallest absolute Gasteiger partial charge is 0.183 e. The highest BCUT2D eigenvalue weighted by atomic mass is 79.9. The quantitative estimate of drug-likeness (QED) is 0.813. The molecule has 0 saturated carbocycles. The molecule has 3 N–H and O–H groups in total. The van der Waals surface area contributed by atoms with Crippen molar-refractivity contribution in [3.05, 3.63) is 45.2 Å². The molecule has 0 saturated heterocycles. The molecular weight excluding hydrogens is 376 g/mol. The summed E-state index contributed by atoms with van der Waals surface area (Å²) in [6.45, 7) is 0.429. The SMILES string of the molecule is COc1ccc(NC(CN)c2cc(Br)c(Br)o2)cc1. The Morgan fingerprint density at radius 1 is 1.32 bits per heavy atom. The van der Waals surface area contributed by atoms with Gasteiger partial charge in [0.05, 0.1) is 17.6 Å². The van der Waals surface area contributed by atoms with Crippen molar-refractivity contribution in [2.24, 2.45) is 5.73 Å². The van der Waals surface area contributed by atoms with E-state index >= 15 is 0 Å². The number of ether oxygens (including phenoxy) is 1. The zero-order valence-electron chi connectivity index (χ0n) is 10.3. The number of hydrogen-bond acceptors (Lipinski definition) is 4. The molecule has 2 rings (SSSR count). The fraction of sp³-hybridized carbons (Fsp3) is 0.231. The molecule has 4 nitrogen and oxygen atoms in total. The molecule has 2 aromatic rings. The largest absolute Gasteiger partial charge is 0.497 e. The van der Waals surface area contributed by atoms with Gasteiger partial charge in [0.15, 0.2) is 4.67 Å². The molecule has 0 bridgehead atoms. The Morgan fingerprint density at radius 3 is 2.47 bits per heavy atom. The van der Waals surface area contributed by atoms with E-state index < -0.39 is 0 Å². The van der Waals surface area contributed by atoms with Gasteiger partial charge in [0.2, 0.25) is 0 Å². The molecule has 1 unspecified atom stereocenters. The molecule has 0 fully saturated rings. The molecule has 1 heterocycles. The van der Waals surface area contributed by atoms with Crippen molar-refractivity contribution < 1.29 is 9.15 Å². The summed E-state index contributed by atoms with van der Waals surface area (Å²) in [6.07, 6.45) is 0. The van der Waals surface area contributed by atoms with Crippen molar-refractivity contribution >= 4 is 37.5 Å². The van der Waals surface area contributed by atoms with E-state index in [1.54, 1.807) is 7.11 Å². The van der Waals surface area contributed by atoms with Gasteiger partial charge in [0, 0.05) is 12.2 Å². The van der Waals surface area contributed by atoms with Crippen LogP contribution in [0.4, 0.5) is 5.69 Å². The number of nitrogens with two attached hydrogens (primary N) is 1. The van der Waals surface area contributed by atoms with Crippen LogP contribution in [0.3, 0.4) is 0 Å². The van der Waals surface area contributed by atoms with Crippen LogP contribution < -0.4 is 15.8 Å². The lowest BCUT2D eigenvalue weighted by molar-refractivity contribution is 0.415. The van der Waals surface area contributed by atoms with E-state index in [0.29, 0.717) is 11.2 Å². The van der Waals surface area contributed by atoms with E-state index in [1.807, 2.05) is 30.3 Å². The summed E-state index contributed by atoms with van der Waals surface area (Å²) in [6, 6.07) is 9.48. The van der Waals surface area contributed by atoms with Gasteiger partial charge in [-0.1, -0.05) is 0 Å². The number of hydrogen-bond donors (Lipinski definition) is 2. The fourth-order valence-electron chi connectivity index (χ4n) is 1.67. The van der Waals surface area contributed by atoms with Crippen LogP contribution >= 0.6 is 31.9 Å². The first-order chi connectivity index (χ1) is 9.13. The van der Waals surface area contributed by atoms with Gasteiger partial charge in [-0.15, -0.1) is 0 Å². The molecule has 0 aliphatic rings. The number of furan rings is 1. The normalized spacial score (nSPS) is 12.2. The van der Waals surface area contributed by atoms with Crippen LogP contribution in [0, 0.1) is 0 Å². The van der Waals surface area contributed by atoms with Gasteiger partial charge in [0.25, 0.3) is 0 Å². The first-order valence-electron chi connectivity index (χ1n) is 5.69. The highest BCUT2D eigenvalue weighted by molar-refractivity contribution is 9.13. The second-order valence-electron chi connectivity index (χ2n) is 3.93. The van der Waals surface area contributed by atoms with Crippen LogP contribution in [-0.2, 0) is 0 Å². The highest BCUT2D eigenvalue weighted by Crippen LogP contribution is 2.31. The van der Waals surface area contributed by atoms with E-state index in [2.05, 4.69) is 37.2 Å².